The molecular formula is C20H20N2O3S. The maximum atomic E-state index is 12.8. The number of benzene rings is 2. The highest BCUT2D eigenvalue weighted by Crippen LogP contribution is 2.37. The molecule has 1 fully saturated rings. The molecule has 0 bridgehead atoms. The minimum absolute atomic E-state index is 0.0583. The number of amides is 1. The summed E-state index contributed by atoms with van der Waals surface area (Å²) < 4.78 is 10.8. The molecule has 26 heavy (non-hydrogen) atoms. The van der Waals surface area contributed by atoms with Crippen molar-refractivity contribution >= 4 is 34.6 Å². The van der Waals surface area contributed by atoms with E-state index >= 15 is 0 Å². The van der Waals surface area contributed by atoms with Crippen molar-refractivity contribution in [3.8, 4) is 11.5 Å². The standard InChI is InChI=1S/C20H20N2O3S/c1-4-22-19(23)17(26-20(22)21-15-10-6-5-7-11-15)13-14-9-8-12-16(24-2)18(14)25-3/h5-13H,4H2,1-3H3/b17-13+,21-20?. The monoisotopic (exact) mass is 368 g/mol. The number of carbonyl (C=O) groups is 1. The lowest BCUT2D eigenvalue weighted by molar-refractivity contribution is -0.122. The zero-order chi connectivity index (χ0) is 18.5. The summed E-state index contributed by atoms with van der Waals surface area (Å²) >= 11 is 1.36. The fourth-order valence-corrected chi connectivity index (χ4v) is 3.70. The summed E-state index contributed by atoms with van der Waals surface area (Å²) in [5, 5.41) is 0.678. The number of aliphatic imine (C=N–C) groups is 1. The van der Waals surface area contributed by atoms with Crippen LogP contribution in [-0.4, -0.2) is 36.7 Å². The second-order valence-corrected chi connectivity index (χ2v) is 6.48. The molecule has 0 aliphatic carbocycles. The molecule has 1 aliphatic rings. The van der Waals surface area contributed by atoms with Gasteiger partial charge in [0.05, 0.1) is 24.8 Å². The zero-order valence-electron chi connectivity index (χ0n) is 14.9. The van der Waals surface area contributed by atoms with Gasteiger partial charge in [-0.25, -0.2) is 4.99 Å². The summed E-state index contributed by atoms with van der Waals surface area (Å²) in [6, 6.07) is 15.2. The SMILES string of the molecule is CCN1C(=O)/C(=C\c2cccc(OC)c2OC)SC1=Nc1ccccc1. The summed E-state index contributed by atoms with van der Waals surface area (Å²) in [5.74, 6) is 1.17. The fourth-order valence-electron chi connectivity index (χ4n) is 2.65. The molecular weight excluding hydrogens is 348 g/mol. The van der Waals surface area contributed by atoms with Crippen LogP contribution in [0.15, 0.2) is 58.4 Å². The van der Waals surface area contributed by atoms with Crippen molar-refractivity contribution in [1.82, 2.24) is 4.90 Å². The molecule has 0 N–H and O–H groups in total. The fraction of sp³-hybridized carbons (Fsp3) is 0.200. The van der Waals surface area contributed by atoms with Crippen LogP contribution in [0, 0.1) is 0 Å². The van der Waals surface area contributed by atoms with Crippen molar-refractivity contribution < 1.29 is 14.3 Å². The van der Waals surface area contributed by atoms with E-state index < -0.39 is 0 Å². The molecule has 0 radical (unpaired) electrons. The Hall–Kier alpha value is -2.73. The maximum Gasteiger partial charge on any atom is 0.266 e. The Morgan fingerprint density at radius 1 is 1.08 bits per heavy atom. The third kappa shape index (κ3) is 3.60. The van der Waals surface area contributed by atoms with Crippen molar-refractivity contribution in [2.24, 2.45) is 4.99 Å². The first kappa shape index (κ1) is 18.1. The minimum atomic E-state index is -0.0583. The molecule has 5 nitrogen and oxygen atoms in total. The van der Waals surface area contributed by atoms with E-state index in [1.165, 1.54) is 11.8 Å². The number of hydrogen-bond donors (Lipinski definition) is 0. The van der Waals surface area contributed by atoms with E-state index in [2.05, 4.69) is 4.99 Å². The van der Waals surface area contributed by atoms with Crippen LogP contribution in [0.4, 0.5) is 5.69 Å². The van der Waals surface area contributed by atoms with Crippen LogP contribution in [-0.2, 0) is 4.79 Å². The first-order valence-electron chi connectivity index (χ1n) is 8.24. The van der Waals surface area contributed by atoms with Crippen molar-refractivity contribution in [1.29, 1.82) is 0 Å². The van der Waals surface area contributed by atoms with Crippen LogP contribution < -0.4 is 9.47 Å². The Balaban J connectivity index is 1.98. The molecule has 3 rings (SSSR count). The molecule has 2 aromatic rings. The van der Waals surface area contributed by atoms with E-state index in [0.29, 0.717) is 28.1 Å². The van der Waals surface area contributed by atoms with Gasteiger partial charge in [0, 0.05) is 12.1 Å². The van der Waals surface area contributed by atoms with Crippen LogP contribution >= 0.6 is 11.8 Å². The van der Waals surface area contributed by atoms with Crippen molar-refractivity contribution in [2.75, 3.05) is 20.8 Å². The van der Waals surface area contributed by atoms with Crippen molar-refractivity contribution in [2.45, 2.75) is 6.92 Å². The molecule has 0 aromatic heterocycles. The lowest BCUT2D eigenvalue weighted by atomic mass is 10.1. The van der Waals surface area contributed by atoms with Gasteiger partial charge in [-0.15, -0.1) is 0 Å². The Kier molecular flexibility index (Phi) is 5.63. The van der Waals surface area contributed by atoms with Gasteiger partial charge in [0.15, 0.2) is 16.7 Å². The van der Waals surface area contributed by atoms with Crippen LogP contribution in [0.1, 0.15) is 12.5 Å². The summed E-state index contributed by atoms with van der Waals surface area (Å²) in [5.41, 5.74) is 1.61. The van der Waals surface area contributed by atoms with Gasteiger partial charge in [-0.05, 0) is 43.0 Å². The molecule has 2 aromatic carbocycles. The van der Waals surface area contributed by atoms with Gasteiger partial charge in [0.25, 0.3) is 5.91 Å². The molecule has 6 heteroatoms. The highest BCUT2D eigenvalue weighted by atomic mass is 32.2. The number of para-hydroxylation sites is 2. The van der Waals surface area contributed by atoms with Crippen LogP contribution in [0.3, 0.4) is 0 Å². The Bertz CT molecular complexity index is 863. The van der Waals surface area contributed by atoms with Crippen LogP contribution in [0.25, 0.3) is 6.08 Å². The number of amidine groups is 1. The second-order valence-electron chi connectivity index (χ2n) is 5.47. The van der Waals surface area contributed by atoms with Crippen LogP contribution in [0.2, 0.25) is 0 Å². The third-order valence-corrected chi connectivity index (χ3v) is 4.91. The number of rotatable bonds is 5. The molecule has 0 unspecified atom stereocenters. The first-order chi connectivity index (χ1) is 12.7. The summed E-state index contributed by atoms with van der Waals surface area (Å²) in [6.45, 7) is 2.50. The molecule has 1 aliphatic heterocycles. The first-order valence-corrected chi connectivity index (χ1v) is 9.05. The summed E-state index contributed by atoms with van der Waals surface area (Å²) in [6.07, 6.45) is 1.82. The summed E-state index contributed by atoms with van der Waals surface area (Å²) in [7, 11) is 3.18. The smallest absolute Gasteiger partial charge is 0.266 e. The van der Waals surface area contributed by atoms with E-state index in [9.17, 15) is 4.79 Å². The highest BCUT2D eigenvalue weighted by Gasteiger charge is 2.32. The van der Waals surface area contributed by atoms with Gasteiger partial charge in [0.2, 0.25) is 0 Å². The van der Waals surface area contributed by atoms with Gasteiger partial charge in [0.1, 0.15) is 0 Å². The van der Waals surface area contributed by atoms with E-state index in [-0.39, 0.29) is 5.91 Å². The van der Waals surface area contributed by atoms with Gasteiger partial charge in [-0.1, -0.05) is 30.3 Å². The number of methoxy groups -OCH3 is 2. The Labute approximate surface area is 157 Å². The topological polar surface area (TPSA) is 51.1 Å². The average Bonchev–Trinajstić information content (AvgIpc) is 2.96. The molecule has 1 heterocycles. The maximum absolute atomic E-state index is 12.8. The quantitative estimate of drug-likeness (QED) is 0.737. The van der Waals surface area contributed by atoms with E-state index in [1.54, 1.807) is 19.1 Å². The molecule has 0 atom stereocenters. The van der Waals surface area contributed by atoms with Gasteiger partial charge in [-0.3, -0.25) is 9.69 Å². The number of hydrogen-bond acceptors (Lipinski definition) is 5. The predicted octanol–water partition coefficient (Wildman–Crippen LogP) is 4.33. The lowest BCUT2D eigenvalue weighted by Crippen LogP contribution is -2.28. The molecule has 0 saturated carbocycles. The van der Waals surface area contributed by atoms with E-state index in [0.717, 1.165) is 11.3 Å². The zero-order valence-corrected chi connectivity index (χ0v) is 15.7. The number of ether oxygens (including phenoxy) is 2. The normalized spacial score (nSPS) is 17.2. The third-order valence-electron chi connectivity index (χ3n) is 3.91. The number of nitrogens with zero attached hydrogens (tertiary/aromatic N) is 2. The lowest BCUT2D eigenvalue weighted by Gasteiger charge is -2.12. The van der Waals surface area contributed by atoms with Gasteiger partial charge >= 0.3 is 0 Å². The average molecular weight is 368 g/mol. The minimum Gasteiger partial charge on any atom is -0.493 e. The van der Waals surface area contributed by atoms with Gasteiger partial charge < -0.3 is 9.47 Å². The molecule has 0 spiro atoms. The molecule has 1 amide bonds. The van der Waals surface area contributed by atoms with Crippen molar-refractivity contribution in [3.05, 3.63) is 59.0 Å². The largest absolute Gasteiger partial charge is 0.493 e. The van der Waals surface area contributed by atoms with Crippen LogP contribution in [0.5, 0.6) is 11.5 Å². The second kappa shape index (κ2) is 8.10. The Morgan fingerprint density at radius 2 is 1.85 bits per heavy atom. The van der Waals surface area contributed by atoms with E-state index in [1.807, 2.05) is 61.5 Å². The number of likely N-dealkylation sites (N-methyl/N-ethyl adjacent to an activating group) is 1. The number of thioether (sulfide) groups is 1. The summed E-state index contributed by atoms with van der Waals surface area (Å²) in [4.78, 5) is 19.7. The molecule has 134 valence electrons. The van der Waals surface area contributed by atoms with Crippen molar-refractivity contribution in [3.63, 3.8) is 0 Å². The number of carbonyl (C=O) groups excluding carboxylic acids is 1. The van der Waals surface area contributed by atoms with Gasteiger partial charge in [-0.2, -0.15) is 0 Å². The molecule has 1 saturated heterocycles. The predicted molar refractivity (Wildman–Crippen MR) is 106 cm³/mol. The van der Waals surface area contributed by atoms with E-state index in [4.69, 9.17) is 9.47 Å². The highest BCUT2D eigenvalue weighted by molar-refractivity contribution is 8.18. The Morgan fingerprint density at radius 3 is 2.50 bits per heavy atom.